The van der Waals surface area contributed by atoms with Gasteiger partial charge >= 0.3 is 0 Å². The molecule has 5 heterocycles. The van der Waals surface area contributed by atoms with Crippen molar-refractivity contribution in [3.8, 4) is 17.6 Å². The van der Waals surface area contributed by atoms with Gasteiger partial charge in [-0.1, -0.05) is 80.1 Å². The van der Waals surface area contributed by atoms with Crippen LogP contribution in [0.2, 0.25) is 10.0 Å². The maximum absolute atomic E-state index is 16.3. The number of rotatable bonds is 8. The quantitative estimate of drug-likeness (QED) is 0.105. The summed E-state index contributed by atoms with van der Waals surface area (Å²) in [5, 5.41) is 12.9. The number of imide groups is 1. The van der Waals surface area contributed by atoms with Gasteiger partial charge in [0.2, 0.25) is 27.7 Å². The molecule has 1 spiro atoms. The van der Waals surface area contributed by atoms with Gasteiger partial charge in [-0.25, -0.2) is 12.8 Å². The molecule has 5 aliphatic heterocycles. The number of nitrogens with zero attached hydrogens (tertiary/aromatic N) is 2. The predicted octanol–water partition coefficient (Wildman–Crippen LogP) is 7.22. The summed E-state index contributed by atoms with van der Waals surface area (Å²) >= 11 is 12.9. The van der Waals surface area contributed by atoms with Crippen molar-refractivity contribution in [2.75, 3.05) is 37.4 Å². The summed E-state index contributed by atoms with van der Waals surface area (Å²) < 4.78 is 51.6. The summed E-state index contributed by atoms with van der Waals surface area (Å²) in [4.78, 5) is 53.8. The SMILES string of the molecule is COc1cc(S(=O)(=O)N2CCC(C#Cc3cccc4c3CN(C3CCC(=O)NC3=O)C4=O)CC2)ccc1NC(=O)[C@@H]1N[C@@H](CC(C)(C)C)[C@@]2(CNc3cc(Cl)ccc32)[C@H]1c1cccc(Cl)c1F. The van der Waals surface area contributed by atoms with E-state index in [1.54, 1.807) is 24.3 Å². The number of halogens is 3. The molecule has 1 unspecified atom stereocenters. The highest BCUT2D eigenvalue weighted by atomic mass is 35.5. The largest absolute Gasteiger partial charge is 0.495 e. The molecule has 17 heteroatoms. The highest BCUT2D eigenvalue weighted by Crippen LogP contribution is 2.57. The number of sulfonamides is 1. The molecule has 67 heavy (non-hydrogen) atoms. The van der Waals surface area contributed by atoms with Gasteiger partial charge in [0.25, 0.3) is 5.91 Å². The number of anilines is 2. The first-order valence-electron chi connectivity index (χ1n) is 22.4. The van der Waals surface area contributed by atoms with E-state index in [9.17, 15) is 27.6 Å². The summed E-state index contributed by atoms with van der Waals surface area (Å²) in [6, 6.07) is 18.1. The molecular weight excluding hydrogens is 919 g/mol. The smallest absolute Gasteiger partial charge is 0.255 e. The van der Waals surface area contributed by atoms with Crippen LogP contribution in [0.3, 0.4) is 0 Å². The van der Waals surface area contributed by atoms with Gasteiger partial charge in [0.1, 0.15) is 17.6 Å². The van der Waals surface area contributed by atoms with Crippen LogP contribution >= 0.6 is 23.2 Å². The standard InChI is InChI=1S/C50H51Cl2FN6O7S/c1-49(2,3)25-41-50(27-54-38-23-30(51)13-15-35(38)50)43(33-9-6-10-36(52)44(33)53)45(56-41)47(62)55-37-16-14-31(24-40(37)66-4)67(64,65)58-21-19-28(20-22-58)11-12-29-7-5-8-32-34(29)26-59(48(32)63)39-17-18-42(60)57-46(39)61/h5-10,13-16,23-24,28,39,41,43,45,54,56H,17-22,25-27H2,1-4H3,(H,55,62)(H,57,60,61)/t39?,41-,43-,45+,50-/m0/s1. The second-order valence-electron chi connectivity index (χ2n) is 19.2. The van der Waals surface area contributed by atoms with Crippen LogP contribution in [0.25, 0.3) is 0 Å². The highest BCUT2D eigenvalue weighted by Gasteiger charge is 2.61. The van der Waals surface area contributed by atoms with E-state index >= 15 is 4.39 Å². The van der Waals surface area contributed by atoms with Gasteiger partial charge in [0.05, 0.1) is 28.8 Å². The molecule has 9 rings (SSSR count). The molecule has 4 aromatic carbocycles. The molecule has 5 atom stereocenters. The summed E-state index contributed by atoms with van der Waals surface area (Å²) in [6.07, 6.45) is 2.01. The third-order valence-electron chi connectivity index (χ3n) is 13.9. The number of nitrogens with one attached hydrogen (secondary N) is 4. The van der Waals surface area contributed by atoms with E-state index < -0.39 is 51.1 Å². The maximum atomic E-state index is 16.3. The molecule has 3 saturated heterocycles. The van der Waals surface area contributed by atoms with Crippen molar-refractivity contribution < 1.29 is 36.7 Å². The van der Waals surface area contributed by atoms with Gasteiger partial charge in [-0.3, -0.25) is 24.5 Å². The Balaban J connectivity index is 0.920. The minimum Gasteiger partial charge on any atom is -0.495 e. The lowest BCUT2D eigenvalue weighted by molar-refractivity contribution is -0.137. The Hall–Kier alpha value is -5.50. The Kier molecular flexibility index (Phi) is 12.4. The molecule has 0 bridgehead atoms. The number of carbonyl (C=O) groups is 4. The Bertz CT molecular complexity index is 2890. The average molecular weight is 970 g/mol. The van der Waals surface area contributed by atoms with Crippen LogP contribution in [0.4, 0.5) is 15.8 Å². The average Bonchev–Trinajstić information content (AvgIpc) is 3.94. The summed E-state index contributed by atoms with van der Waals surface area (Å²) in [5.41, 5.74) is 3.14. The van der Waals surface area contributed by atoms with Crippen molar-refractivity contribution in [3.05, 3.63) is 116 Å². The third kappa shape index (κ3) is 8.56. The normalized spacial score (nSPS) is 24.2. The fraction of sp³-hybridized carbons (Fsp3) is 0.400. The Morgan fingerprint density at radius 1 is 1.00 bits per heavy atom. The minimum absolute atomic E-state index is 0.00803. The molecule has 0 aromatic heterocycles. The zero-order chi connectivity index (χ0) is 47.6. The second-order valence-corrected chi connectivity index (χ2v) is 22.0. The number of ether oxygens (including phenoxy) is 1. The van der Waals surface area contributed by atoms with Crippen molar-refractivity contribution in [2.24, 2.45) is 11.3 Å². The maximum Gasteiger partial charge on any atom is 0.255 e. The zero-order valence-electron chi connectivity index (χ0n) is 37.5. The number of hydrogen-bond acceptors (Lipinski definition) is 9. The fourth-order valence-corrected chi connectivity index (χ4v) is 12.5. The molecule has 350 valence electrons. The van der Waals surface area contributed by atoms with Crippen molar-refractivity contribution in [3.63, 3.8) is 0 Å². The van der Waals surface area contributed by atoms with Gasteiger partial charge < -0.3 is 25.6 Å². The van der Waals surface area contributed by atoms with Crippen molar-refractivity contribution in [1.29, 1.82) is 0 Å². The van der Waals surface area contributed by atoms with E-state index in [0.29, 0.717) is 47.5 Å². The Morgan fingerprint density at radius 3 is 2.49 bits per heavy atom. The van der Waals surface area contributed by atoms with Crippen molar-refractivity contribution in [2.45, 2.75) is 93.8 Å². The van der Waals surface area contributed by atoms with E-state index in [2.05, 4.69) is 53.9 Å². The van der Waals surface area contributed by atoms with Crippen molar-refractivity contribution in [1.82, 2.24) is 19.8 Å². The lowest BCUT2D eigenvalue weighted by Gasteiger charge is -2.39. The van der Waals surface area contributed by atoms with Crippen LogP contribution in [-0.2, 0) is 36.4 Å². The molecular formula is C50H51Cl2FN6O7S. The number of carbonyl (C=O) groups excluding carboxylic acids is 4. The number of methoxy groups -OCH3 is 1. The topological polar surface area (TPSA) is 166 Å². The molecule has 4 N–H and O–H groups in total. The van der Waals surface area contributed by atoms with Crippen LogP contribution in [0.1, 0.15) is 91.4 Å². The molecule has 0 saturated carbocycles. The molecule has 13 nitrogen and oxygen atoms in total. The van der Waals surface area contributed by atoms with E-state index in [-0.39, 0.29) is 83.0 Å². The van der Waals surface area contributed by atoms with E-state index in [1.165, 1.54) is 40.6 Å². The van der Waals surface area contributed by atoms with Crippen LogP contribution in [0, 0.1) is 29.0 Å². The minimum atomic E-state index is -4.00. The number of fused-ring (bicyclic) bond motifs is 3. The number of piperidine rings is 2. The second kappa shape index (κ2) is 17.9. The monoisotopic (exact) mass is 968 g/mol. The van der Waals surface area contributed by atoms with E-state index in [4.69, 9.17) is 27.9 Å². The number of benzene rings is 4. The lowest BCUT2D eigenvalue weighted by atomic mass is 9.63. The van der Waals surface area contributed by atoms with Gasteiger partial charge in [0, 0.05) is 83.8 Å². The summed E-state index contributed by atoms with van der Waals surface area (Å²) in [6.45, 7) is 7.40. The molecule has 4 amide bonds. The molecule has 3 fully saturated rings. The molecule has 0 aliphatic carbocycles. The molecule has 5 aliphatic rings. The Labute approximate surface area is 399 Å². The first-order valence-corrected chi connectivity index (χ1v) is 24.6. The summed E-state index contributed by atoms with van der Waals surface area (Å²) in [7, 11) is -2.60. The zero-order valence-corrected chi connectivity index (χ0v) is 39.8. The molecule has 0 radical (unpaired) electrons. The van der Waals surface area contributed by atoms with Crippen LogP contribution < -0.4 is 26.0 Å². The van der Waals surface area contributed by atoms with Crippen LogP contribution in [-0.4, -0.2) is 86.1 Å². The van der Waals surface area contributed by atoms with Crippen molar-refractivity contribution >= 4 is 68.2 Å². The van der Waals surface area contributed by atoms with Gasteiger partial charge in [-0.2, -0.15) is 4.31 Å². The first kappa shape index (κ1) is 46.6. The molecule has 4 aromatic rings. The van der Waals surface area contributed by atoms with Gasteiger partial charge in [-0.05, 0) is 90.3 Å². The van der Waals surface area contributed by atoms with E-state index in [0.717, 1.165) is 16.8 Å². The van der Waals surface area contributed by atoms with Crippen LogP contribution in [0.15, 0.2) is 77.7 Å². The highest BCUT2D eigenvalue weighted by molar-refractivity contribution is 7.89. The fourth-order valence-electron chi connectivity index (χ4n) is 10.7. The first-order chi connectivity index (χ1) is 31.9. The third-order valence-corrected chi connectivity index (χ3v) is 16.3. The Morgan fingerprint density at radius 2 is 1.76 bits per heavy atom. The predicted molar refractivity (Wildman–Crippen MR) is 253 cm³/mol. The number of hydrogen-bond donors (Lipinski definition) is 4. The summed E-state index contributed by atoms with van der Waals surface area (Å²) in [5.74, 6) is 3.64. The van der Waals surface area contributed by atoms with Gasteiger partial charge in [-0.15, -0.1) is 0 Å². The van der Waals surface area contributed by atoms with E-state index in [1.807, 2.05) is 24.3 Å². The lowest BCUT2D eigenvalue weighted by Crippen LogP contribution is -2.52. The van der Waals surface area contributed by atoms with Crippen LogP contribution in [0.5, 0.6) is 5.75 Å². The van der Waals surface area contributed by atoms with Gasteiger partial charge in [0.15, 0.2) is 0 Å². The number of amides is 4.